The lowest BCUT2D eigenvalue weighted by molar-refractivity contribution is 0.0441. The third-order valence-corrected chi connectivity index (χ3v) is 3.24. The highest BCUT2D eigenvalue weighted by molar-refractivity contribution is 5.94. The summed E-state index contributed by atoms with van der Waals surface area (Å²) in [5, 5.41) is 0. The number of halogens is 1. The molecule has 0 aromatic heterocycles. The Bertz CT molecular complexity index is 391. The van der Waals surface area contributed by atoms with Crippen LogP contribution in [-0.2, 0) is 0 Å². The molecular weight excluding hydrogens is 219 g/mol. The van der Waals surface area contributed by atoms with Crippen LogP contribution in [0.3, 0.4) is 0 Å². The smallest absolute Gasteiger partial charge is 0.254 e. The van der Waals surface area contributed by atoms with Crippen molar-refractivity contribution >= 4 is 5.91 Å². The van der Waals surface area contributed by atoms with E-state index < -0.39 is 0 Å². The first-order valence-electron chi connectivity index (χ1n) is 5.99. The highest BCUT2D eigenvalue weighted by atomic mass is 19.1. The molecule has 3 nitrogen and oxygen atoms in total. The van der Waals surface area contributed by atoms with E-state index >= 15 is 0 Å². The van der Waals surface area contributed by atoms with Crippen LogP contribution in [0.15, 0.2) is 24.3 Å². The number of likely N-dealkylation sites (tertiary alicyclic amines) is 1. The summed E-state index contributed by atoms with van der Waals surface area (Å²) in [7, 11) is 0. The minimum atomic E-state index is -0.315. The number of hydrogen-bond acceptors (Lipinski definition) is 2. The lowest BCUT2D eigenvalue weighted by atomic mass is 9.96. The molecule has 1 amide bonds. The van der Waals surface area contributed by atoms with Crippen LogP contribution in [0.4, 0.5) is 4.39 Å². The van der Waals surface area contributed by atoms with Crippen molar-refractivity contribution in [1.29, 1.82) is 0 Å². The van der Waals surface area contributed by atoms with Crippen LogP contribution >= 0.6 is 0 Å². The van der Waals surface area contributed by atoms with Gasteiger partial charge >= 0.3 is 0 Å². The number of rotatable bonds is 4. The quantitative estimate of drug-likeness (QED) is 0.866. The largest absolute Gasteiger partial charge is 0.336 e. The molecule has 0 spiro atoms. The van der Waals surface area contributed by atoms with Crippen LogP contribution in [-0.4, -0.2) is 29.9 Å². The molecule has 4 heteroatoms. The molecule has 17 heavy (non-hydrogen) atoms. The van der Waals surface area contributed by atoms with Gasteiger partial charge in [0.1, 0.15) is 5.82 Å². The number of hydrogen-bond donors (Lipinski definition) is 1. The Balaban J connectivity index is 1.98. The minimum absolute atomic E-state index is 0.00160. The second-order valence-corrected chi connectivity index (χ2v) is 4.38. The van der Waals surface area contributed by atoms with Gasteiger partial charge in [-0.05, 0) is 50.1 Å². The van der Waals surface area contributed by atoms with E-state index in [9.17, 15) is 9.18 Å². The standard InChI is InChI=1S/C13H17FN2O/c14-11-5-3-10(4-6-11)13(17)16-9-7-12(16)2-1-8-15/h3-6,12H,1-2,7-9,15H2. The molecule has 1 saturated heterocycles. The zero-order chi connectivity index (χ0) is 12.3. The Hall–Kier alpha value is -1.42. The summed E-state index contributed by atoms with van der Waals surface area (Å²) in [6, 6.07) is 6.03. The van der Waals surface area contributed by atoms with Gasteiger partial charge in [0.05, 0.1) is 0 Å². The molecular formula is C13H17FN2O. The normalized spacial score (nSPS) is 18.9. The lowest BCUT2D eigenvalue weighted by Gasteiger charge is -2.41. The van der Waals surface area contributed by atoms with Gasteiger partial charge in [-0.1, -0.05) is 0 Å². The van der Waals surface area contributed by atoms with E-state index in [-0.39, 0.29) is 11.7 Å². The summed E-state index contributed by atoms with van der Waals surface area (Å²) >= 11 is 0. The number of carbonyl (C=O) groups is 1. The van der Waals surface area contributed by atoms with E-state index in [0.29, 0.717) is 18.2 Å². The number of amides is 1. The van der Waals surface area contributed by atoms with E-state index in [0.717, 1.165) is 25.8 Å². The first kappa shape index (κ1) is 12.0. The number of carbonyl (C=O) groups excluding carboxylic acids is 1. The van der Waals surface area contributed by atoms with Crippen molar-refractivity contribution in [2.75, 3.05) is 13.1 Å². The number of nitrogens with zero attached hydrogens (tertiary/aromatic N) is 1. The fourth-order valence-corrected chi connectivity index (χ4v) is 2.12. The highest BCUT2D eigenvalue weighted by Crippen LogP contribution is 2.24. The van der Waals surface area contributed by atoms with Crippen LogP contribution in [0.2, 0.25) is 0 Å². The maximum Gasteiger partial charge on any atom is 0.254 e. The molecule has 1 aromatic rings. The molecule has 1 unspecified atom stereocenters. The number of nitrogens with two attached hydrogens (primary N) is 1. The Labute approximate surface area is 100 Å². The van der Waals surface area contributed by atoms with Crippen LogP contribution in [0.5, 0.6) is 0 Å². The first-order chi connectivity index (χ1) is 8.22. The topological polar surface area (TPSA) is 46.3 Å². The molecule has 2 N–H and O–H groups in total. The molecule has 0 radical (unpaired) electrons. The van der Waals surface area contributed by atoms with Gasteiger partial charge in [-0.15, -0.1) is 0 Å². The average Bonchev–Trinajstić information content (AvgIpc) is 2.29. The SMILES string of the molecule is NCCCC1CCN1C(=O)c1ccc(F)cc1. The fourth-order valence-electron chi connectivity index (χ4n) is 2.12. The van der Waals surface area contributed by atoms with Crippen LogP contribution in [0.1, 0.15) is 29.6 Å². The Kier molecular flexibility index (Phi) is 3.74. The molecule has 1 aromatic carbocycles. The van der Waals surface area contributed by atoms with Crippen molar-refractivity contribution in [2.24, 2.45) is 5.73 Å². The van der Waals surface area contributed by atoms with E-state index in [1.807, 2.05) is 4.90 Å². The molecule has 1 aliphatic heterocycles. The third kappa shape index (κ3) is 2.64. The van der Waals surface area contributed by atoms with Gasteiger partial charge in [0.15, 0.2) is 0 Å². The predicted molar refractivity (Wildman–Crippen MR) is 64.1 cm³/mol. The maximum atomic E-state index is 12.8. The summed E-state index contributed by atoms with van der Waals surface area (Å²) in [4.78, 5) is 13.9. The van der Waals surface area contributed by atoms with Crippen molar-refractivity contribution < 1.29 is 9.18 Å². The summed E-state index contributed by atoms with van der Waals surface area (Å²) in [5.74, 6) is -0.317. The Morgan fingerprint density at radius 2 is 2.12 bits per heavy atom. The summed E-state index contributed by atoms with van der Waals surface area (Å²) in [5.41, 5.74) is 6.02. The zero-order valence-corrected chi connectivity index (χ0v) is 9.73. The maximum absolute atomic E-state index is 12.8. The van der Waals surface area contributed by atoms with Gasteiger partial charge in [-0.25, -0.2) is 4.39 Å². The van der Waals surface area contributed by atoms with Gasteiger partial charge in [-0.2, -0.15) is 0 Å². The molecule has 1 aliphatic rings. The van der Waals surface area contributed by atoms with Gasteiger partial charge in [-0.3, -0.25) is 4.79 Å². The van der Waals surface area contributed by atoms with E-state index in [2.05, 4.69) is 0 Å². The van der Waals surface area contributed by atoms with Crippen molar-refractivity contribution in [3.63, 3.8) is 0 Å². The third-order valence-electron chi connectivity index (χ3n) is 3.24. The monoisotopic (exact) mass is 236 g/mol. The molecule has 1 atom stereocenters. The minimum Gasteiger partial charge on any atom is -0.336 e. The number of benzene rings is 1. The second kappa shape index (κ2) is 5.27. The van der Waals surface area contributed by atoms with Crippen LogP contribution in [0, 0.1) is 5.82 Å². The van der Waals surface area contributed by atoms with Gasteiger partial charge in [0.2, 0.25) is 0 Å². The average molecular weight is 236 g/mol. The van der Waals surface area contributed by atoms with Gasteiger partial charge < -0.3 is 10.6 Å². The van der Waals surface area contributed by atoms with Gasteiger partial charge in [0.25, 0.3) is 5.91 Å². The van der Waals surface area contributed by atoms with E-state index in [1.165, 1.54) is 24.3 Å². The van der Waals surface area contributed by atoms with Crippen LogP contribution < -0.4 is 5.73 Å². The summed E-state index contributed by atoms with van der Waals surface area (Å²) in [6.07, 6.45) is 2.95. The van der Waals surface area contributed by atoms with Crippen molar-refractivity contribution in [3.8, 4) is 0 Å². The van der Waals surface area contributed by atoms with Crippen molar-refractivity contribution in [2.45, 2.75) is 25.3 Å². The molecule has 92 valence electrons. The van der Waals surface area contributed by atoms with Crippen molar-refractivity contribution in [1.82, 2.24) is 4.90 Å². The predicted octanol–water partition coefficient (Wildman–Crippen LogP) is 1.78. The van der Waals surface area contributed by atoms with Crippen molar-refractivity contribution in [3.05, 3.63) is 35.6 Å². The molecule has 1 heterocycles. The van der Waals surface area contributed by atoms with E-state index in [1.54, 1.807) is 0 Å². The van der Waals surface area contributed by atoms with E-state index in [4.69, 9.17) is 5.73 Å². The second-order valence-electron chi connectivity index (χ2n) is 4.38. The zero-order valence-electron chi connectivity index (χ0n) is 9.73. The Morgan fingerprint density at radius 3 is 2.65 bits per heavy atom. The highest BCUT2D eigenvalue weighted by Gasteiger charge is 2.31. The first-order valence-corrected chi connectivity index (χ1v) is 5.99. The molecule has 0 saturated carbocycles. The summed E-state index contributed by atoms with van der Waals surface area (Å²) in [6.45, 7) is 1.46. The van der Waals surface area contributed by atoms with Crippen LogP contribution in [0.25, 0.3) is 0 Å². The molecule has 1 fully saturated rings. The molecule has 0 aliphatic carbocycles. The van der Waals surface area contributed by atoms with Gasteiger partial charge in [0, 0.05) is 18.2 Å². The lowest BCUT2D eigenvalue weighted by Crippen LogP contribution is -2.51. The molecule has 0 bridgehead atoms. The fraction of sp³-hybridized carbons (Fsp3) is 0.462. The Morgan fingerprint density at radius 1 is 1.41 bits per heavy atom. The summed E-state index contributed by atoms with van der Waals surface area (Å²) < 4.78 is 12.8. The molecule has 2 rings (SSSR count).